The van der Waals surface area contributed by atoms with Gasteiger partial charge in [-0.25, -0.2) is 0 Å². The molecule has 0 unspecified atom stereocenters. The largest absolute Gasteiger partial charge is 0.385 e. The van der Waals surface area contributed by atoms with Crippen molar-refractivity contribution in [3.05, 3.63) is 90.5 Å². The number of ether oxygens (including phenoxy) is 1. The van der Waals surface area contributed by atoms with Crippen LogP contribution in [0, 0.1) is 0 Å². The molecule has 0 radical (unpaired) electrons. The van der Waals surface area contributed by atoms with Gasteiger partial charge in [-0.2, -0.15) is 0 Å². The molecule has 0 amide bonds. The van der Waals surface area contributed by atoms with Crippen LogP contribution in [0.25, 0.3) is 21.5 Å². The van der Waals surface area contributed by atoms with E-state index >= 15 is 0 Å². The van der Waals surface area contributed by atoms with Crippen molar-refractivity contribution in [2.24, 2.45) is 0 Å². The summed E-state index contributed by atoms with van der Waals surface area (Å²) in [5.74, 6) is 0. The van der Waals surface area contributed by atoms with E-state index in [1.54, 1.807) is 0 Å². The second-order valence-corrected chi connectivity index (χ2v) is 7.56. The van der Waals surface area contributed by atoms with Gasteiger partial charge in [0.15, 0.2) is 0 Å². The Balaban J connectivity index is 1.21. The molecule has 0 heterocycles. The number of hydrogen-bond donors (Lipinski definition) is 1. The summed E-state index contributed by atoms with van der Waals surface area (Å²) in [6, 6.07) is 30.0. The van der Waals surface area contributed by atoms with Gasteiger partial charge >= 0.3 is 0 Å². The Labute approximate surface area is 173 Å². The van der Waals surface area contributed by atoms with Gasteiger partial charge in [0.1, 0.15) is 0 Å². The molecule has 0 fully saturated rings. The Kier molecular flexibility index (Phi) is 6.77. The molecule has 2 nitrogen and oxygen atoms in total. The summed E-state index contributed by atoms with van der Waals surface area (Å²) in [5.41, 5.74) is 2.49. The smallest absolute Gasteiger partial charge is 0.0723 e. The molecule has 0 aliphatic carbocycles. The van der Waals surface area contributed by atoms with E-state index in [9.17, 15) is 0 Å². The molecule has 0 spiro atoms. The van der Waals surface area contributed by atoms with Crippen LogP contribution in [-0.2, 0) is 11.3 Å². The Morgan fingerprint density at radius 2 is 1.31 bits per heavy atom. The van der Waals surface area contributed by atoms with E-state index in [1.165, 1.54) is 52.1 Å². The monoisotopic (exact) mass is 383 g/mol. The van der Waals surface area contributed by atoms with Gasteiger partial charge < -0.3 is 10.1 Å². The fourth-order valence-corrected chi connectivity index (χ4v) is 3.90. The van der Waals surface area contributed by atoms with Crippen molar-refractivity contribution in [1.82, 2.24) is 0 Å². The summed E-state index contributed by atoms with van der Waals surface area (Å²) >= 11 is 0. The molecule has 0 bridgehead atoms. The van der Waals surface area contributed by atoms with Crippen LogP contribution in [0.2, 0.25) is 0 Å². The average molecular weight is 384 g/mol. The van der Waals surface area contributed by atoms with Crippen molar-refractivity contribution in [1.29, 1.82) is 0 Å². The number of benzene rings is 4. The number of anilines is 1. The van der Waals surface area contributed by atoms with Gasteiger partial charge in [0, 0.05) is 18.8 Å². The third-order valence-electron chi connectivity index (χ3n) is 5.43. The summed E-state index contributed by atoms with van der Waals surface area (Å²) < 4.78 is 6.04. The van der Waals surface area contributed by atoms with Gasteiger partial charge in [-0.15, -0.1) is 0 Å². The molecule has 0 aliphatic rings. The lowest BCUT2D eigenvalue weighted by Crippen LogP contribution is -2.01. The third kappa shape index (κ3) is 5.16. The molecule has 4 aromatic rings. The summed E-state index contributed by atoms with van der Waals surface area (Å²) in [6.07, 6.45) is 4.78. The maximum atomic E-state index is 6.04. The standard InChI is InChI=1S/C27H29NO/c1(10-18-28-24-13-4-3-5-14-24)2-11-19-29-21-23-20-22-12-6-7-15-25(22)27-17-9-8-16-26(23)27/h3-9,12-17,20,28H,1-2,10-11,18-19,21H2. The molecule has 148 valence electrons. The second kappa shape index (κ2) is 10.1. The highest BCUT2D eigenvalue weighted by Gasteiger charge is 2.06. The molecule has 29 heavy (non-hydrogen) atoms. The Morgan fingerprint density at radius 3 is 2.17 bits per heavy atom. The lowest BCUT2D eigenvalue weighted by Gasteiger charge is -2.11. The van der Waals surface area contributed by atoms with E-state index < -0.39 is 0 Å². The van der Waals surface area contributed by atoms with Crippen molar-refractivity contribution in [2.45, 2.75) is 32.3 Å². The topological polar surface area (TPSA) is 21.3 Å². The van der Waals surface area contributed by atoms with Crippen LogP contribution < -0.4 is 5.32 Å². The highest BCUT2D eigenvalue weighted by molar-refractivity contribution is 6.08. The number of rotatable bonds is 10. The summed E-state index contributed by atoms with van der Waals surface area (Å²) in [7, 11) is 0. The maximum absolute atomic E-state index is 6.04. The fourth-order valence-electron chi connectivity index (χ4n) is 3.90. The van der Waals surface area contributed by atoms with Gasteiger partial charge in [-0.05, 0) is 58.1 Å². The zero-order chi connectivity index (χ0) is 19.7. The number of para-hydroxylation sites is 1. The zero-order valence-electron chi connectivity index (χ0n) is 16.9. The third-order valence-corrected chi connectivity index (χ3v) is 5.43. The van der Waals surface area contributed by atoms with Crippen LogP contribution in [0.5, 0.6) is 0 Å². The van der Waals surface area contributed by atoms with E-state index in [0.29, 0.717) is 6.61 Å². The van der Waals surface area contributed by atoms with E-state index in [4.69, 9.17) is 4.74 Å². The van der Waals surface area contributed by atoms with Gasteiger partial charge in [-0.1, -0.05) is 79.6 Å². The number of nitrogens with one attached hydrogen (secondary N) is 1. The Hall–Kier alpha value is -2.84. The van der Waals surface area contributed by atoms with E-state index in [1.807, 2.05) is 6.07 Å². The lowest BCUT2D eigenvalue weighted by atomic mass is 9.98. The zero-order valence-corrected chi connectivity index (χ0v) is 16.9. The van der Waals surface area contributed by atoms with Crippen LogP contribution in [0.4, 0.5) is 5.69 Å². The minimum absolute atomic E-state index is 0.681. The average Bonchev–Trinajstić information content (AvgIpc) is 2.78. The Bertz CT molecular complexity index is 1040. The first kappa shape index (κ1) is 19.5. The number of unbranched alkanes of at least 4 members (excludes halogenated alkanes) is 3. The number of fused-ring (bicyclic) bond motifs is 3. The molecule has 0 saturated carbocycles. The summed E-state index contributed by atoms with van der Waals surface area (Å²) in [5, 5.41) is 8.69. The lowest BCUT2D eigenvalue weighted by molar-refractivity contribution is 0.117. The molecule has 0 atom stereocenters. The van der Waals surface area contributed by atoms with Crippen LogP contribution in [0.15, 0.2) is 84.9 Å². The van der Waals surface area contributed by atoms with Crippen molar-refractivity contribution in [3.63, 3.8) is 0 Å². The van der Waals surface area contributed by atoms with E-state index in [-0.39, 0.29) is 0 Å². The van der Waals surface area contributed by atoms with Crippen LogP contribution >= 0.6 is 0 Å². The SMILES string of the molecule is c1ccc(NCCCCCCOCc2cc3ccccc3c3ccccc23)cc1. The van der Waals surface area contributed by atoms with Crippen molar-refractivity contribution < 1.29 is 4.74 Å². The molecule has 0 aliphatic heterocycles. The predicted molar refractivity (Wildman–Crippen MR) is 125 cm³/mol. The van der Waals surface area contributed by atoms with Crippen LogP contribution in [0.1, 0.15) is 31.2 Å². The minimum Gasteiger partial charge on any atom is -0.385 e. The van der Waals surface area contributed by atoms with Crippen molar-refractivity contribution >= 4 is 27.2 Å². The van der Waals surface area contributed by atoms with Crippen LogP contribution in [0.3, 0.4) is 0 Å². The molecular formula is C27H29NO. The Morgan fingerprint density at radius 1 is 0.621 bits per heavy atom. The van der Waals surface area contributed by atoms with Gasteiger partial charge in [0.05, 0.1) is 6.61 Å². The fraction of sp³-hybridized carbons (Fsp3) is 0.259. The van der Waals surface area contributed by atoms with Crippen LogP contribution in [-0.4, -0.2) is 13.2 Å². The highest BCUT2D eigenvalue weighted by atomic mass is 16.5. The molecular weight excluding hydrogens is 354 g/mol. The first-order valence-electron chi connectivity index (χ1n) is 10.7. The molecule has 0 saturated heterocycles. The maximum Gasteiger partial charge on any atom is 0.0723 e. The molecule has 1 N–H and O–H groups in total. The van der Waals surface area contributed by atoms with E-state index in [2.05, 4.69) is 84.2 Å². The second-order valence-electron chi connectivity index (χ2n) is 7.56. The summed E-state index contributed by atoms with van der Waals surface area (Å²) in [4.78, 5) is 0. The molecule has 2 heteroatoms. The quantitative estimate of drug-likeness (QED) is 0.231. The van der Waals surface area contributed by atoms with Crippen molar-refractivity contribution in [3.8, 4) is 0 Å². The normalized spacial score (nSPS) is 11.2. The van der Waals surface area contributed by atoms with E-state index in [0.717, 1.165) is 19.6 Å². The first-order valence-corrected chi connectivity index (χ1v) is 10.7. The molecule has 0 aromatic heterocycles. The van der Waals surface area contributed by atoms with Gasteiger partial charge in [-0.3, -0.25) is 0 Å². The molecule has 4 rings (SSSR count). The summed E-state index contributed by atoms with van der Waals surface area (Å²) in [6.45, 7) is 2.54. The minimum atomic E-state index is 0.681. The molecule has 4 aromatic carbocycles. The van der Waals surface area contributed by atoms with Gasteiger partial charge in [0.25, 0.3) is 0 Å². The number of hydrogen-bond acceptors (Lipinski definition) is 2. The first-order chi connectivity index (χ1) is 14.4. The highest BCUT2D eigenvalue weighted by Crippen LogP contribution is 2.29. The van der Waals surface area contributed by atoms with Gasteiger partial charge in [0.2, 0.25) is 0 Å². The predicted octanol–water partition coefficient (Wildman–Crippen LogP) is 7.18. The van der Waals surface area contributed by atoms with Crippen molar-refractivity contribution in [2.75, 3.05) is 18.5 Å².